The molecule has 0 unspecified atom stereocenters. The van der Waals surface area contributed by atoms with Crippen molar-refractivity contribution in [1.29, 1.82) is 0 Å². The van der Waals surface area contributed by atoms with E-state index in [9.17, 15) is 62.6 Å². The van der Waals surface area contributed by atoms with E-state index in [1.54, 1.807) is 107 Å². The summed E-state index contributed by atoms with van der Waals surface area (Å²) >= 11 is 0. The minimum Gasteiger partial charge on any atom is -1.00 e. The van der Waals surface area contributed by atoms with Gasteiger partial charge in [-0.05, 0) is 105 Å². The topological polar surface area (TPSA) is 493 Å². The van der Waals surface area contributed by atoms with Gasteiger partial charge >= 0.3 is 6.03 Å². The Bertz CT molecular complexity index is 4460. The molecule has 0 saturated carbocycles. The number of nitrogens with one attached hydrogen (secondary N) is 9. The number of fused-ring (bicyclic) bond motifs is 4. The number of urea groups is 1. The number of aromatic nitrogens is 2. The number of piperidine rings is 2. The Morgan fingerprint density at radius 1 is 0.598 bits per heavy atom. The summed E-state index contributed by atoms with van der Waals surface area (Å²) in [4.78, 5) is 229. The zero-order chi connectivity index (χ0) is 84.8. The van der Waals surface area contributed by atoms with Crippen molar-refractivity contribution < 1.29 is 99.9 Å². The highest BCUT2D eigenvalue weighted by molar-refractivity contribution is 6.04. The van der Waals surface area contributed by atoms with E-state index in [1.807, 2.05) is 13.8 Å². The van der Waals surface area contributed by atoms with Crippen LogP contribution in [0.25, 0.3) is 21.8 Å². The van der Waals surface area contributed by atoms with Crippen molar-refractivity contribution in [2.75, 3.05) is 92.4 Å². The number of quaternary nitrogens is 1. The second kappa shape index (κ2) is 43.2. The fourth-order valence-corrected chi connectivity index (χ4v) is 13.9. The van der Waals surface area contributed by atoms with Crippen LogP contribution in [-0.4, -0.2) is 269 Å². The van der Waals surface area contributed by atoms with Crippen molar-refractivity contribution in [3.05, 3.63) is 102 Å². The molecule has 5 heterocycles. The molecule has 16 amide bonds. The largest absolute Gasteiger partial charge is 1.00 e. The summed E-state index contributed by atoms with van der Waals surface area (Å²) in [5.74, 6) is -12.5. The third-order valence-corrected chi connectivity index (χ3v) is 21.5. The van der Waals surface area contributed by atoms with E-state index in [4.69, 9.17) is 15.5 Å². The predicted octanol–water partition coefficient (Wildman–Crippen LogP) is -2.99. The van der Waals surface area contributed by atoms with Crippen LogP contribution in [0.3, 0.4) is 0 Å². The molecule has 0 radical (unpaired) electrons. The quantitative estimate of drug-likeness (QED) is 0.0346. The number of amides is 16. The maximum Gasteiger partial charge on any atom is 0.312 e. The second-order valence-electron chi connectivity index (χ2n) is 30.1. The molecular weight excluding hydrogens is 1530 g/mol. The highest BCUT2D eigenvalue weighted by atomic mass is 35.5. The first-order chi connectivity index (χ1) is 55.2. The van der Waals surface area contributed by atoms with E-state index < -0.39 is 200 Å². The zero-order valence-corrected chi connectivity index (χ0v) is 68.6. The summed E-state index contributed by atoms with van der Waals surface area (Å²) in [5.41, 5.74) is 10.0. The molecule has 3 aliphatic rings. The van der Waals surface area contributed by atoms with Gasteiger partial charge < -0.3 is 111 Å². The monoisotopic (exact) mass is 1640 g/mol. The highest BCUT2D eigenvalue weighted by Crippen LogP contribution is 2.28. The molecule has 634 valence electrons. The molecular formula is C80H110ClN19O17. The van der Waals surface area contributed by atoms with Gasteiger partial charge in [0, 0.05) is 83.3 Å². The maximum atomic E-state index is 15.5. The average Bonchev–Trinajstić information content (AvgIpc) is 0.801. The van der Waals surface area contributed by atoms with E-state index in [1.165, 1.54) is 44.1 Å². The second-order valence-corrected chi connectivity index (χ2v) is 30.1. The van der Waals surface area contributed by atoms with Crippen LogP contribution in [0.4, 0.5) is 10.5 Å². The van der Waals surface area contributed by atoms with Gasteiger partial charge in [0.15, 0.2) is 23.2 Å². The number of likely N-dealkylation sites (N-methyl/N-ethyl adjacent to an activating group) is 4. The zero-order valence-electron chi connectivity index (χ0n) is 67.8. The number of anilines is 1. The Morgan fingerprint density at radius 2 is 1.06 bits per heavy atom. The minimum atomic E-state index is -1.68. The summed E-state index contributed by atoms with van der Waals surface area (Å²) in [6.45, 7) is 6.74. The Kier molecular flexibility index (Phi) is 34.1. The molecule has 10 atom stereocenters. The number of halogens is 1. The van der Waals surface area contributed by atoms with Gasteiger partial charge in [0.05, 0.1) is 37.2 Å². The molecule has 15 N–H and O–H groups in total. The third kappa shape index (κ3) is 24.6. The van der Waals surface area contributed by atoms with E-state index >= 15 is 14.4 Å². The number of hydrogen-bond donors (Lipinski definition) is 12. The molecule has 36 nitrogen and oxygen atoms in total. The molecule has 3 aromatic carbocycles. The summed E-state index contributed by atoms with van der Waals surface area (Å²) in [5, 5.41) is 36.3. The van der Waals surface area contributed by atoms with E-state index in [2.05, 4.69) is 58.6 Å². The molecule has 37 heteroatoms. The van der Waals surface area contributed by atoms with Gasteiger partial charge in [-0.1, -0.05) is 103 Å². The van der Waals surface area contributed by atoms with Crippen LogP contribution < -0.4 is 76.5 Å². The molecule has 3 aliphatic heterocycles. The summed E-state index contributed by atoms with van der Waals surface area (Å²) in [7, 11) is 5.33. The van der Waals surface area contributed by atoms with E-state index in [0.717, 1.165) is 19.6 Å². The van der Waals surface area contributed by atoms with Gasteiger partial charge in [-0.15, -0.1) is 0 Å². The number of ether oxygens (including phenoxy) is 1. The van der Waals surface area contributed by atoms with Crippen LogP contribution in [0.5, 0.6) is 11.5 Å². The van der Waals surface area contributed by atoms with Crippen LogP contribution in [0.15, 0.2) is 84.9 Å². The van der Waals surface area contributed by atoms with E-state index in [0.29, 0.717) is 78.0 Å². The third-order valence-electron chi connectivity index (χ3n) is 21.5. The van der Waals surface area contributed by atoms with Crippen molar-refractivity contribution in [1.82, 2.24) is 81.9 Å². The summed E-state index contributed by atoms with van der Waals surface area (Å²) in [6.07, 6.45) is 3.00. The molecule has 2 aromatic heterocycles. The van der Waals surface area contributed by atoms with Gasteiger partial charge in [0.2, 0.25) is 65.0 Å². The van der Waals surface area contributed by atoms with Gasteiger partial charge in [-0.2, -0.15) is 0 Å². The van der Waals surface area contributed by atoms with Crippen molar-refractivity contribution in [2.45, 2.75) is 161 Å². The Morgan fingerprint density at radius 3 is 1.53 bits per heavy atom. The lowest BCUT2D eigenvalue weighted by Crippen LogP contribution is -3.00. The maximum absolute atomic E-state index is 15.5. The lowest BCUT2D eigenvalue weighted by Gasteiger charge is -2.38. The fraction of sp³-hybridized carbons (Fsp3) is 0.512. The minimum absolute atomic E-state index is 0. The number of aromatic hydroxyl groups is 1. The van der Waals surface area contributed by atoms with Crippen molar-refractivity contribution >= 4 is 116 Å². The smallest absolute Gasteiger partial charge is 0.312 e. The Hall–Kier alpha value is -11.8. The number of carbonyl (C=O) groups excluding carboxylic acids is 15. The number of nitrogens with two attached hydrogens (primary N) is 1. The average molecular weight is 1650 g/mol. The van der Waals surface area contributed by atoms with Crippen molar-refractivity contribution in [2.24, 2.45) is 23.5 Å². The van der Waals surface area contributed by atoms with Crippen LogP contribution in [-0.2, 0) is 64.1 Å². The molecule has 3 fully saturated rings. The molecule has 8 rings (SSSR count). The number of nitrogens with zero attached hydrogens (tertiary/aromatic N) is 8. The molecule has 3 saturated heterocycles. The Balaban J connectivity index is 0.0000189. The van der Waals surface area contributed by atoms with Crippen LogP contribution in [0.1, 0.15) is 132 Å². The van der Waals surface area contributed by atoms with Gasteiger partial charge in [0.25, 0.3) is 17.7 Å². The standard InChI is InChI=1S/C80H109N19O17.ClH/c1-11-46(5)68-76(111)84-38-55(92-74(109)66-59(100)36-49-22-13-15-24-52(49)89-66)78(113)98-34-19-17-27-57(98)71(106)86-40-61(101)95(8)43-64(104)97(10)69(47(6)12-2)77(112)85-39-56(79(114)99-35-20-18-28-58(99)72(107)87-41-62(102)94(7)42-63(103)96(68)9)93-75(110)67-60(37-50-23-14-16-25-53(50)90-67)116-44-48-29-31-51(32-30-48)88-70(105)54(26-21-33-83-80(82)115)91-73(108)65(81)45(3)4;/h13-16,22-25,29-32,36-37,45-47,54-58,65,68-69,100H,11-12,17-21,26-28,33-35,38-44,81H2,1-10H3,(H,84,111)(H,85,112)(H,86,106)(H,87,107)(H,88,105)(H,91,108)(H,92,109)(H,93,110)(H3,82,83,115);1H/t46-,47-,54-,55+,56-,57-,58-,65-,68-,69-;/m0./s1. The number of benzene rings is 3. The van der Waals surface area contributed by atoms with Crippen LogP contribution >= 0.6 is 0 Å². The fourth-order valence-electron chi connectivity index (χ4n) is 13.9. The number of para-hydroxylation sites is 2. The SMILES string of the molecule is CC[C@H](C)[C@H]1C(=O)NC[C@@H](NC(=O)c2nc3ccccc3cc2O)C(=O)N2CCCC[C@H]2C(=O)NCC(=O)N(C)CC(=O)N(C)[C@@H]([C@@H](C)CC)C(=O)NC[C@H](NC(=O)c2nc3ccccc3cc2OCc2ccc(NC(=O)[C@H](CCCNC(N)=O)NC(=O)[C@@H]([NH3+])C(C)C)cc2)C(=O)N2CCCC[C@H]2C(=O)NCC(=O)N(C)CC(=O)N1C.[Cl-]. The first-order valence-corrected chi connectivity index (χ1v) is 39.2. The summed E-state index contributed by atoms with van der Waals surface area (Å²) < 4.78 is 6.37. The number of primary amides is 1. The number of hydrogen-bond acceptors (Lipinski definition) is 19. The molecule has 0 bridgehead atoms. The van der Waals surface area contributed by atoms with Gasteiger partial charge in [-0.3, -0.25) is 67.1 Å². The normalized spacial score (nSPS) is 21.0. The first-order valence-electron chi connectivity index (χ1n) is 39.2. The van der Waals surface area contributed by atoms with E-state index in [-0.39, 0.29) is 75.3 Å². The number of rotatable bonds is 20. The predicted molar refractivity (Wildman–Crippen MR) is 425 cm³/mol. The molecule has 0 spiro atoms. The molecule has 0 aliphatic carbocycles. The summed E-state index contributed by atoms with van der Waals surface area (Å²) in [6, 6.07) is 12.2. The van der Waals surface area contributed by atoms with Crippen molar-refractivity contribution in [3.63, 3.8) is 0 Å². The van der Waals surface area contributed by atoms with Crippen LogP contribution in [0, 0.1) is 17.8 Å². The Labute approximate surface area is 684 Å². The van der Waals surface area contributed by atoms with Gasteiger partial charge in [-0.25, -0.2) is 14.8 Å². The number of pyridine rings is 2. The molecule has 5 aromatic rings. The highest BCUT2D eigenvalue weighted by Gasteiger charge is 2.42. The first kappa shape index (κ1) is 92.4. The van der Waals surface area contributed by atoms with Gasteiger partial charge in [0.1, 0.15) is 54.6 Å². The lowest BCUT2D eigenvalue weighted by atomic mass is 9.96. The van der Waals surface area contributed by atoms with Crippen LogP contribution in [0.2, 0.25) is 0 Å². The lowest BCUT2D eigenvalue weighted by molar-refractivity contribution is -0.414. The van der Waals surface area contributed by atoms with Crippen molar-refractivity contribution in [3.8, 4) is 11.5 Å². The number of carbonyl (C=O) groups is 15. The molecule has 117 heavy (non-hydrogen) atoms.